The Hall–Kier alpha value is -2.17. The molecule has 1 aliphatic heterocycles. The average molecular weight is 299 g/mol. The number of hydrogen-bond donors (Lipinski definition) is 0. The Morgan fingerprint density at radius 2 is 2.00 bits per heavy atom. The van der Waals surface area contributed by atoms with Gasteiger partial charge in [0, 0.05) is 19.3 Å². The molecule has 1 saturated heterocycles. The summed E-state index contributed by atoms with van der Waals surface area (Å²) in [6.07, 6.45) is 3.54. The number of alkyl halides is 1. The van der Waals surface area contributed by atoms with Crippen LogP contribution in [-0.2, 0) is 0 Å². The maximum atomic E-state index is 13.2. The summed E-state index contributed by atoms with van der Waals surface area (Å²) in [6, 6.07) is 9.92. The van der Waals surface area contributed by atoms with E-state index in [0.29, 0.717) is 5.78 Å². The first-order valence-electron chi connectivity index (χ1n) is 8.67. The van der Waals surface area contributed by atoms with E-state index in [9.17, 15) is 4.39 Å². The van der Waals surface area contributed by atoms with Gasteiger partial charge in [-0.15, -0.1) is 0 Å². The van der Waals surface area contributed by atoms with Gasteiger partial charge in [-0.05, 0) is 43.4 Å². The van der Waals surface area contributed by atoms with Crippen LogP contribution >= 0.6 is 0 Å². The maximum absolute atomic E-state index is 13.2. The lowest BCUT2D eigenvalue weighted by Gasteiger charge is -2.32. The van der Waals surface area contributed by atoms with Crippen LogP contribution in [-0.4, -0.2) is 34.1 Å². The molecule has 22 heavy (non-hydrogen) atoms. The number of halogens is 1. The third-order valence-electron chi connectivity index (χ3n) is 4.47. The van der Waals surface area contributed by atoms with Gasteiger partial charge in [-0.1, -0.05) is 12.1 Å². The Morgan fingerprint density at radius 3 is 2.82 bits per heavy atom. The van der Waals surface area contributed by atoms with E-state index in [4.69, 9.17) is 2.74 Å². The Morgan fingerprint density at radius 1 is 1.18 bits per heavy atom. The number of imidazole rings is 1. The second kappa shape index (κ2) is 5.55. The van der Waals surface area contributed by atoms with Crippen LogP contribution in [0, 0.1) is 5.92 Å². The molecule has 114 valence electrons. The molecule has 0 radical (unpaired) electrons. The molecule has 1 fully saturated rings. The molecule has 4 nitrogen and oxygen atoms in total. The van der Waals surface area contributed by atoms with Crippen molar-refractivity contribution in [1.82, 2.24) is 14.4 Å². The fourth-order valence-electron chi connectivity index (χ4n) is 3.19. The van der Waals surface area contributed by atoms with E-state index in [2.05, 4.69) is 14.9 Å². The molecule has 3 aromatic rings. The first-order chi connectivity index (χ1) is 11.5. The van der Waals surface area contributed by atoms with Gasteiger partial charge >= 0.3 is 0 Å². The van der Waals surface area contributed by atoms with E-state index < -0.39 is 6.63 Å². The molecular formula is C17H19FN4. The fraction of sp³-hybridized carbons (Fsp3) is 0.412. The summed E-state index contributed by atoms with van der Waals surface area (Å²) < 4.78 is 29.3. The molecule has 1 aliphatic rings. The highest BCUT2D eigenvalue weighted by atomic mass is 18.2. The van der Waals surface area contributed by atoms with Crippen molar-refractivity contribution in [3.8, 4) is 0 Å². The number of aromatic nitrogens is 3. The van der Waals surface area contributed by atoms with Gasteiger partial charge in [-0.3, -0.25) is 8.79 Å². The largest absolute Gasteiger partial charge is 0.356 e. The van der Waals surface area contributed by atoms with E-state index >= 15 is 0 Å². The lowest BCUT2D eigenvalue weighted by atomic mass is 9.94. The number of rotatable bonds is 3. The van der Waals surface area contributed by atoms with Crippen LogP contribution < -0.4 is 4.90 Å². The Kier molecular flexibility index (Phi) is 2.88. The summed E-state index contributed by atoms with van der Waals surface area (Å²) >= 11 is 0. The van der Waals surface area contributed by atoms with Gasteiger partial charge < -0.3 is 4.90 Å². The monoisotopic (exact) mass is 299 g/mol. The Balaban J connectivity index is 1.54. The van der Waals surface area contributed by atoms with E-state index in [0.717, 1.165) is 42.8 Å². The molecule has 0 N–H and O–H groups in total. The van der Waals surface area contributed by atoms with Gasteiger partial charge in [0.1, 0.15) is 5.82 Å². The number of para-hydroxylation sites is 2. The smallest absolute Gasteiger partial charge is 0.236 e. The molecule has 0 amide bonds. The normalized spacial score (nSPS) is 18.7. The number of piperidine rings is 1. The van der Waals surface area contributed by atoms with Gasteiger partial charge in [0.05, 0.1) is 20.4 Å². The van der Waals surface area contributed by atoms with E-state index in [1.807, 2.05) is 40.9 Å². The van der Waals surface area contributed by atoms with Crippen LogP contribution in [0.2, 0.25) is 0 Å². The molecule has 2 aromatic heterocycles. The molecule has 0 saturated carbocycles. The minimum atomic E-state index is -2.57. The highest BCUT2D eigenvalue weighted by Gasteiger charge is 2.20. The lowest BCUT2D eigenvalue weighted by Crippen LogP contribution is -2.34. The summed E-state index contributed by atoms with van der Waals surface area (Å²) in [7, 11) is 0. The topological polar surface area (TPSA) is 33.4 Å². The predicted octanol–water partition coefficient (Wildman–Crippen LogP) is 3.46. The van der Waals surface area contributed by atoms with Crippen LogP contribution in [0.4, 0.5) is 10.2 Å². The van der Waals surface area contributed by atoms with Crippen LogP contribution in [0.3, 0.4) is 0 Å². The van der Waals surface area contributed by atoms with Crippen molar-refractivity contribution in [2.24, 2.45) is 5.92 Å². The van der Waals surface area contributed by atoms with Crippen LogP contribution in [0.1, 0.15) is 22.0 Å². The maximum Gasteiger partial charge on any atom is 0.236 e. The van der Waals surface area contributed by atoms with Crippen molar-refractivity contribution < 1.29 is 7.13 Å². The van der Waals surface area contributed by atoms with Crippen molar-refractivity contribution in [3.63, 3.8) is 0 Å². The molecule has 0 atom stereocenters. The van der Waals surface area contributed by atoms with Gasteiger partial charge in [0.15, 0.2) is 0 Å². The Labute approximate surface area is 131 Å². The van der Waals surface area contributed by atoms with Crippen molar-refractivity contribution in [1.29, 1.82) is 0 Å². The molecule has 0 spiro atoms. The van der Waals surface area contributed by atoms with Crippen LogP contribution in [0.15, 0.2) is 36.5 Å². The summed E-state index contributed by atoms with van der Waals surface area (Å²) in [5.41, 5.74) is 1.96. The quantitative estimate of drug-likeness (QED) is 0.742. The van der Waals surface area contributed by atoms with Gasteiger partial charge in [0.2, 0.25) is 5.78 Å². The first-order valence-corrected chi connectivity index (χ1v) is 7.67. The summed E-state index contributed by atoms with van der Waals surface area (Å²) in [6.45, 7) is -1.03. The standard InChI is InChI=1S/C17H19FN4/c18-9-5-13-6-10-21(11-7-13)16-8-12-22-15-4-2-1-3-14(15)19-17(22)20-16/h1-4,8,12-13H,5-7,9-11H2/i9D2,18-1. The minimum Gasteiger partial charge on any atom is -0.356 e. The second-order valence-corrected chi connectivity index (χ2v) is 5.82. The Bertz CT molecular complexity index is 866. The zero-order valence-electron chi connectivity index (χ0n) is 14.2. The molecule has 0 aliphatic carbocycles. The van der Waals surface area contributed by atoms with Gasteiger partial charge in [-0.2, -0.15) is 4.98 Å². The zero-order valence-corrected chi connectivity index (χ0v) is 12.2. The number of nitrogens with zero attached hydrogens (tertiary/aromatic N) is 4. The number of benzene rings is 1. The lowest BCUT2D eigenvalue weighted by molar-refractivity contribution is 0.332. The molecule has 4 rings (SSSR count). The van der Waals surface area contributed by atoms with Crippen LogP contribution in [0.5, 0.6) is 0 Å². The minimum absolute atomic E-state index is 0.0149. The highest BCUT2D eigenvalue weighted by molar-refractivity contribution is 5.79. The highest BCUT2D eigenvalue weighted by Crippen LogP contribution is 2.25. The predicted molar refractivity (Wildman–Crippen MR) is 86.0 cm³/mol. The van der Waals surface area contributed by atoms with Gasteiger partial charge in [-0.25, -0.2) is 4.98 Å². The average Bonchev–Trinajstić information content (AvgIpc) is 2.91. The number of hydrogen-bond acceptors (Lipinski definition) is 3. The van der Waals surface area contributed by atoms with Crippen molar-refractivity contribution in [3.05, 3.63) is 36.5 Å². The molecule has 5 heteroatoms. The van der Waals surface area contributed by atoms with Crippen LogP contribution in [0.25, 0.3) is 16.8 Å². The summed E-state index contributed by atoms with van der Waals surface area (Å²) in [4.78, 5) is 11.4. The first kappa shape index (κ1) is 11.4. The van der Waals surface area contributed by atoms with E-state index in [-0.39, 0.29) is 12.3 Å². The molecule has 3 heterocycles. The van der Waals surface area contributed by atoms with E-state index in [1.165, 1.54) is 0 Å². The fourth-order valence-corrected chi connectivity index (χ4v) is 3.19. The molecule has 0 unspecified atom stereocenters. The molecule has 1 aromatic carbocycles. The number of fused-ring (bicyclic) bond motifs is 3. The van der Waals surface area contributed by atoms with Crippen molar-refractivity contribution in [2.75, 3.05) is 24.6 Å². The molecular weight excluding hydrogens is 278 g/mol. The summed E-state index contributed by atoms with van der Waals surface area (Å²) in [5.74, 6) is 1.65. The zero-order chi connectivity index (χ0) is 16.7. The number of anilines is 1. The third kappa shape index (κ3) is 2.30. The summed E-state index contributed by atoms with van der Waals surface area (Å²) in [5, 5.41) is 0. The van der Waals surface area contributed by atoms with Crippen molar-refractivity contribution in [2.45, 2.75) is 19.3 Å². The SMILES string of the molecule is [2H]C([2H])([18F])CC1CCN(c2ccn3c(n2)nc2ccccc23)CC1. The third-order valence-corrected chi connectivity index (χ3v) is 4.47. The second-order valence-electron chi connectivity index (χ2n) is 5.82. The molecule has 0 bridgehead atoms. The van der Waals surface area contributed by atoms with Crippen molar-refractivity contribution >= 4 is 22.6 Å². The van der Waals surface area contributed by atoms with Gasteiger partial charge in [0.25, 0.3) is 0 Å². The van der Waals surface area contributed by atoms with E-state index in [1.54, 1.807) is 0 Å².